The van der Waals surface area contributed by atoms with Crippen LogP contribution in [0.25, 0.3) is 0 Å². The number of anilines is 1. The molecular formula is C17H29N3. The average molecular weight is 275 g/mol. The molecule has 1 fully saturated rings. The highest BCUT2D eigenvalue weighted by atomic mass is 15.2. The molecule has 0 saturated carbocycles. The van der Waals surface area contributed by atoms with Crippen LogP contribution in [0.2, 0.25) is 0 Å². The first-order valence-corrected chi connectivity index (χ1v) is 7.89. The van der Waals surface area contributed by atoms with Gasteiger partial charge in [0.05, 0.1) is 0 Å². The maximum atomic E-state index is 3.51. The molecule has 1 saturated heterocycles. The summed E-state index contributed by atoms with van der Waals surface area (Å²) in [4.78, 5) is 4.88. The molecule has 2 rings (SSSR count). The third-order valence-electron chi connectivity index (χ3n) is 4.17. The Labute approximate surface area is 124 Å². The molecule has 3 nitrogen and oxygen atoms in total. The van der Waals surface area contributed by atoms with E-state index in [0.29, 0.717) is 0 Å². The van der Waals surface area contributed by atoms with Crippen molar-refractivity contribution in [2.75, 3.05) is 45.2 Å². The Bertz CT molecular complexity index is 405. The smallest absolute Gasteiger partial charge is 0.0409 e. The predicted molar refractivity (Wildman–Crippen MR) is 87.3 cm³/mol. The first-order chi connectivity index (χ1) is 9.70. The molecule has 0 aliphatic carbocycles. The number of likely N-dealkylation sites (tertiary alicyclic amines) is 1. The number of nitrogens with one attached hydrogen (secondary N) is 1. The molecule has 1 aromatic carbocycles. The van der Waals surface area contributed by atoms with Crippen LogP contribution in [0, 0.1) is 5.92 Å². The second-order valence-electron chi connectivity index (χ2n) is 6.10. The number of para-hydroxylation sites is 1. The summed E-state index contributed by atoms with van der Waals surface area (Å²) in [6.45, 7) is 7.92. The van der Waals surface area contributed by atoms with Crippen LogP contribution in [0.3, 0.4) is 0 Å². The summed E-state index contributed by atoms with van der Waals surface area (Å²) in [5.74, 6) is 0.807. The van der Waals surface area contributed by atoms with Crippen molar-refractivity contribution in [1.29, 1.82) is 0 Å². The molecule has 0 radical (unpaired) electrons. The van der Waals surface area contributed by atoms with Crippen molar-refractivity contribution in [1.82, 2.24) is 10.2 Å². The van der Waals surface area contributed by atoms with Gasteiger partial charge in [0.15, 0.2) is 0 Å². The van der Waals surface area contributed by atoms with E-state index in [1.807, 2.05) is 0 Å². The summed E-state index contributed by atoms with van der Waals surface area (Å²) >= 11 is 0. The number of rotatable bonds is 7. The third kappa shape index (κ3) is 4.22. The Balaban J connectivity index is 1.95. The Morgan fingerprint density at radius 1 is 1.35 bits per heavy atom. The lowest BCUT2D eigenvalue weighted by Gasteiger charge is -2.25. The highest BCUT2D eigenvalue weighted by Gasteiger charge is 2.21. The molecule has 1 aliphatic heterocycles. The van der Waals surface area contributed by atoms with Crippen LogP contribution in [0.4, 0.5) is 5.69 Å². The Hall–Kier alpha value is -1.06. The number of hydrogen-bond acceptors (Lipinski definition) is 3. The molecule has 0 amide bonds. The lowest BCUT2D eigenvalue weighted by atomic mass is 10.1. The third-order valence-corrected chi connectivity index (χ3v) is 4.17. The second-order valence-corrected chi connectivity index (χ2v) is 6.10. The molecule has 0 spiro atoms. The van der Waals surface area contributed by atoms with Crippen molar-refractivity contribution >= 4 is 5.69 Å². The fourth-order valence-corrected chi connectivity index (χ4v) is 3.09. The molecule has 1 aliphatic rings. The number of hydrogen-bond donors (Lipinski definition) is 1. The van der Waals surface area contributed by atoms with Gasteiger partial charge in [-0.3, -0.25) is 0 Å². The lowest BCUT2D eigenvalue weighted by molar-refractivity contribution is 0.396. The van der Waals surface area contributed by atoms with E-state index >= 15 is 0 Å². The van der Waals surface area contributed by atoms with Crippen LogP contribution in [-0.4, -0.2) is 45.2 Å². The molecule has 112 valence electrons. The van der Waals surface area contributed by atoms with Crippen LogP contribution < -0.4 is 10.2 Å². The fourth-order valence-electron chi connectivity index (χ4n) is 3.09. The van der Waals surface area contributed by atoms with Crippen molar-refractivity contribution in [2.24, 2.45) is 5.92 Å². The van der Waals surface area contributed by atoms with Gasteiger partial charge in [0.2, 0.25) is 0 Å². The first-order valence-electron chi connectivity index (χ1n) is 7.89. The summed E-state index contributed by atoms with van der Waals surface area (Å²) in [6, 6.07) is 8.79. The first kappa shape index (κ1) is 15.3. The zero-order chi connectivity index (χ0) is 14.4. The van der Waals surface area contributed by atoms with E-state index < -0.39 is 0 Å². The van der Waals surface area contributed by atoms with Crippen molar-refractivity contribution in [2.45, 2.75) is 26.3 Å². The maximum Gasteiger partial charge on any atom is 0.0409 e. The maximum absolute atomic E-state index is 3.51. The molecule has 0 aromatic heterocycles. The minimum Gasteiger partial charge on any atom is -0.374 e. The van der Waals surface area contributed by atoms with E-state index in [0.717, 1.165) is 25.6 Å². The van der Waals surface area contributed by atoms with Crippen molar-refractivity contribution < 1.29 is 0 Å². The van der Waals surface area contributed by atoms with Crippen molar-refractivity contribution in [3.8, 4) is 0 Å². The molecule has 1 atom stereocenters. The Kier molecular flexibility index (Phi) is 5.86. The zero-order valence-electron chi connectivity index (χ0n) is 13.2. The van der Waals surface area contributed by atoms with Crippen LogP contribution in [0.15, 0.2) is 24.3 Å². The minimum atomic E-state index is 0.807. The van der Waals surface area contributed by atoms with Crippen LogP contribution in [-0.2, 0) is 6.54 Å². The zero-order valence-corrected chi connectivity index (χ0v) is 13.2. The molecule has 1 heterocycles. The summed E-state index contributed by atoms with van der Waals surface area (Å²) in [7, 11) is 4.46. The summed E-state index contributed by atoms with van der Waals surface area (Å²) in [5.41, 5.74) is 2.79. The topological polar surface area (TPSA) is 18.5 Å². The highest BCUT2D eigenvalue weighted by molar-refractivity contribution is 5.53. The van der Waals surface area contributed by atoms with E-state index in [2.05, 4.69) is 60.4 Å². The second kappa shape index (κ2) is 7.65. The molecule has 1 unspecified atom stereocenters. The number of benzene rings is 1. The van der Waals surface area contributed by atoms with Crippen molar-refractivity contribution in [3.05, 3.63) is 29.8 Å². The van der Waals surface area contributed by atoms with E-state index in [1.165, 1.54) is 37.2 Å². The summed E-state index contributed by atoms with van der Waals surface area (Å²) in [5, 5.41) is 3.51. The molecule has 3 heteroatoms. The van der Waals surface area contributed by atoms with Gasteiger partial charge in [0.1, 0.15) is 0 Å². The standard InChI is InChI=1S/C17H29N3/c1-4-10-18-12-16-7-5-6-8-17(16)20(3)14-15-9-11-19(2)13-15/h5-8,15,18H,4,9-14H2,1-3H3. The van der Waals surface area contributed by atoms with Gasteiger partial charge in [0, 0.05) is 32.4 Å². The monoisotopic (exact) mass is 275 g/mol. The van der Waals surface area contributed by atoms with Gasteiger partial charge < -0.3 is 15.1 Å². The van der Waals surface area contributed by atoms with Gasteiger partial charge in [-0.05, 0) is 50.5 Å². The summed E-state index contributed by atoms with van der Waals surface area (Å²) < 4.78 is 0. The minimum absolute atomic E-state index is 0.807. The summed E-state index contributed by atoms with van der Waals surface area (Å²) in [6.07, 6.45) is 2.52. The van der Waals surface area contributed by atoms with Crippen LogP contribution >= 0.6 is 0 Å². The molecule has 20 heavy (non-hydrogen) atoms. The van der Waals surface area contributed by atoms with Crippen LogP contribution in [0.1, 0.15) is 25.3 Å². The highest BCUT2D eigenvalue weighted by Crippen LogP contribution is 2.23. The van der Waals surface area contributed by atoms with Gasteiger partial charge in [-0.15, -0.1) is 0 Å². The molecular weight excluding hydrogens is 246 g/mol. The van der Waals surface area contributed by atoms with Crippen LogP contribution in [0.5, 0.6) is 0 Å². The van der Waals surface area contributed by atoms with E-state index in [9.17, 15) is 0 Å². The molecule has 1 N–H and O–H groups in total. The molecule has 1 aromatic rings. The van der Waals surface area contributed by atoms with E-state index in [1.54, 1.807) is 0 Å². The SMILES string of the molecule is CCCNCc1ccccc1N(C)CC1CCN(C)C1. The van der Waals surface area contributed by atoms with Gasteiger partial charge in [-0.2, -0.15) is 0 Å². The van der Waals surface area contributed by atoms with Crippen molar-refractivity contribution in [3.63, 3.8) is 0 Å². The quantitative estimate of drug-likeness (QED) is 0.772. The van der Waals surface area contributed by atoms with E-state index in [4.69, 9.17) is 0 Å². The number of nitrogens with zero attached hydrogens (tertiary/aromatic N) is 2. The average Bonchev–Trinajstić information content (AvgIpc) is 2.85. The van der Waals surface area contributed by atoms with Gasteiger partial charge in [-0.1, -0.05) is 25.1 Å². The Morgan fingerprint density at radius 2 is 2.15 bits per heavy atom. The van der Waals surface area contributed by atoms with Gasteiger partial charge in [-0.25, -0.2) is 0 Å². The van der Waals surface area contributed by atoms with Gasteiger partial charge in [0.25, 0.3) is 0 Å². The fraction of sp³-hybridized carbons (Fsp3) is 0.647. The van der Waals surface area contributed by atoms with E-state index in [-0.39, 0.29) is 0 Å². The van der Waals surface area contributed by atoms with Gasteiger partial charge >= 0.3 is 0 Å². The lowest BCUT2D eigenvalue weighted by Crippen LogP contribution is -2.28. The normalized spacial score (nSPS) is 19.4. The largest absolute Gasteiger partial charge is 0.374 e. The Morgan fingerprint density at radius 3 is 2.85 bits per heavy atom. The molecule has 0 bridgehead atoms. The predicted octanol–water partition coefficient (Wildman–Crippen LogP) is 2.57.